The highest BCUT2D eigenvalue weighted by Gasteiger charge is 2.15. The Kier molecular flexibility index (Phi) is 5.76. The summed E-state index contributed by atoms with van der Waals surface area (Å²) < 4.78 is 1.06. The Morgan fingerprint density at radius 3 is 2.48 bits per heavy atom. The van der Waals surface area contributed by atoms with Crippen LogP contribution in [-0.2, 0) is 0 Å². The number of benzene rings is 2. The molecule has 0 aliphatic heterocycles. The topological polar surface area (TPSA) is 32.3 Å². The molecule has 2 aromatic rings. The maximum absolute atomic E-state index is 12.2. The van der Waals surface area contributed by atoms with E-state index in [1.54, 1.807) is 0 Å². The highest BCUT2D eigenvalue weighted by Crippen LogP contribution is 2.17. The first-order chi connectivity index (χ1) is 10.1. The third-order valence-corrected chi connectivity index (χ3v) is 4.02. The van der Waals surface area contributed by atoms with Gasteiger partial charge in [-0.1, -0.05) is 36.4 Å². The van der Waals surface area contributed by atoms with Crippen LogP contribution in [0.4, 0.5) is 0 Å². The average molecular weight is 394 g/mol. The Morgan fingerprint density at radius 1 is 1.14 bits per heavy atom. The Balaban J connectivity index is 2.04. The van der Waals surface area contributed by atoms with Gasteiger partial charge in [-0.05, 0) is 60.4 Å². The lowest BCUT2D eigenvalue weighted by Gasteiger charge is -2.25. The van der Waals surface area contributed by atoms with E-state index in [2.05, 4.69) is 44.9 Å². The SMILES string of the molecule is CN(C)C(CNC(=O)c1cccc(I)c1)c1ccccc1. The lowest BCUT2D eigenvalue weighted by Crippen LogP contribution is -2.34. The van der Waals surface area contributed by atoms with E-state index in [0.717, 1.165) is 3.57 Å². The second kappa shape index (κ2) is 7.56. The Hall–Kier alpha value is -1.40. The van der Waals surface area contributed by atoms with Gasteiger partial charge in [0.05, 0.1) is 6.04 Å². The third kappa shape index (κ3) is 4.54. The quantitative estimate of drug-likeness (QED) is 0.790. The maximum Gasteiger partial charge on any atom is 0.251 e. The number of halogens is 1. The fourth-order valence-corrected chi connectivity index (χ4v) is 2.74. The number of nitrogens with zero attached hydrogens (tertiary/aromatic N) is 1. The number of carbonyl (C=O) groups excluding carboxylic acids is 1. The van der Waals surface area contributed by atoms with Crippen LogP contribution in [-0.4, -0.2) is 31.4 Å². The van der Waals surface area contributed by atoms with Crippen LogP contribution in [0, 0.1) is 3.57 Å². The van der Waals surface area contributed by atoms with Crippen molar-refractivity contribution in [2.24, 2.45) is 0 Å². The minimum Gasteiger partial charge on any atom is -0.350 e. The van der Waals surface area contributed by atoms with Crippen LogP contribution in [0.3, 0.4) is 0 Å². The van der Waals surface area contributed by atoms with Crippen LogP contribution >= 0.6 is 22.6 Å². The molecule has 110 valence electrons. The van der Waals surface area contributed by atoms with Crippen molar-refractivity contribution >= 4 is 28.5 Å². The maximum atomic E-state index is 12.2. The molecule has 0 aliphatic rings. The minimum absolute atomic E-state index is 0.0312. The van der Waals surface area contributed by atoms with Gasteiger partial charge in [-0.3, -0.25) is 4.79 Å². The van der Waals surface area contributed by atoms with Crippen LogP contribution in [0.2, 0.25) is 0 Å². The van der Waals surface area contributed by atoms with Crippen molar-refractivity contribution in [2.75, 3.05) is 20.6 Å². The standard InChI is InChI=1S/C17H19IN2O/c1-20(2)16(13-7-4-3-5-8-13)12-19-17(21)14-9-6-10-15(18)11-14/h3-11,16H,12H2,1-2H3,(H,19,21). The molecule has 0 aromatic heterocycles. The van der Waals surface area contributed by atoms with Crippen molar-refractivity contribution in [1.82, 2.24) is 10.2 Å². The van der Waals surface area contributed by atoms with E-state index < -0.39 is 0 Å². The zero-order valence-electron chi connectivity index (χ0n) is 12.2. The molecule has 0 bridgehead atoms. The van der Waals surface area contributed by atoms with E-state index in [-0.39, 0.29) is 11.9 Å². The highest BCUT2D eigenvalue weighted by atomic mass is 127. The summed E-state index contributed by atoms with van der Waals surface area (Å²) in [5, 5.41) is 3.02. The number of nitrogens with one attached hydrogen (secondary N) is 1. The molecule has 0 saturated carbocycles. The van der Waals surface area contributed by atoms with E-state index in [0.29, 0.717) is 12.1 Å². The van der Waals surface area contributed by atoms with E-state index >= 15 is 0 Å². The summed E-state index contributed by atoms with van der Waals surface area (Å²) in [5.74, 6) is -0.0312. The van der Waals surface area contributed by atoms with Gasteiger partial charge in [-0.25, -0.2) is 0 Å². The molecule has 2 aromatic carbocycles. The Morgan fingerprint density at radius 2 is 1.86 bits per heavy atom. The Bertz CT molecular complexity index is 599. The van der Waals surface area contributed by atoms with Crippen molar-refractivity contribution in [3.05, 3.63) is 69.3 Å². The van der Waals surface area contributed by atoms with Gasteiger partial charge in [0.15, 0.2) is 0 Å². The zero-order chi connectivity index (χ0) is 15.2. The van der Waals surface area contributed by atoms with Gasteiger partial charge < -0.3 is 10.2 Å². The second-order valence-corrected chi connectivity index (χ2v) is 6.36. The Labute approximate surface area is 139 Å². The van der Waals surface area contributed by atoms with Crippen molar-refractivity contribution < 1.29 is 4.79 Å². The second-order valence-electron chi connectivity index (χ2n) is 5.11. The van der Waals surface area contributed by atoms with Crippen LogP contribution in [0.25, 0.3) is 0 Å². The number of hydrogen-bond acceptors (Lipinski definition) is 2. The normalized spacial score (nSPS) is 12.2. The molecule has 1 amide bonds. The van der Waals surface area contributed by atoms with Gasteiger partial charge in [-0.15, -0.1) is 0 Å². The molecule has 0 spiro atoms. The van der Waals surface area contributed by atoms with Gasteiger partial charge >= 0.3 is 0 Å². The molecule has 0 aliphatic carbocycles. The summed E-state index contributed by atoms with van der Waals surface area (Å²) in [6.45, 7) is 0.585. The summed E-state index contributed by atoms with van der Waals surface area (Å²) in [6, 6.07) is 18.0. The van der Waals surface area contributed by atoms with E-state index in [9.17, 15) is 4.79 Å². The molecule has 1 atom stereocenters. The molecule has 0 fully saturated rings. The van der Waals surface area contributed by atoms with Crippen molar-refractivity contribution in [1.29, 1.82) is 0 Å². The fraction of sp³-hybridized carbons (Fsp3) is 0.235. The van der Waals surface area contributed by atoms with Crippen molar-refractivity contribution in [2.45, 2.75) is 6.04 Å². The molecular weight excluding hydrogens is 375 g/mol. The lowest BCUT2D eigenvalue weighted by atomic mass is 10.1. The smallest absolute Gasteiger partial charge is 0.251 e. The largest absolute Gasteiger partial charge is 0.350 e. The van der Waals surface area contributed by atoms with Crippen molar-refractivity contribution in [3.8, 4) is 0 Å². The van der Waals surface area contributed by atoms with E-state index in [1.165, 1.54) is 5.56 Å². The van der Waals surface area contributed by atoms with Crippen LogP contribution in [0.5, 0.6) is 0 Å². The predicted octanol–water partition coefficient (Wildman–Crippen LogP) is 3.32. The number of likely N-dealkylation sites (N-methyl/N-ethyl adjacent to an activating group) is 1. The molecule has 21 heavy (non-hydrogen) atoms. The van der Waals surface area contributed by atoms with Gasteiger partial charge in [0.25, 0.3) is 5.91 Å². The summed E-state index contributed by atoms with van der Waals surface area (Å²) in [6.07, 6.45) is 0. The zero-order valence-corrected chi connectivity index (χ0v) is 14.4. The molecule has 3 nitrogen and oxygen atoms in total. The number of hydrogen-bond donors (Lipinski definition) is 1. The van der Waals surface area contributed by atoms with Crippen LogP contribution in [0.15, 0.2) is 54.6 Å². The van der Waals surface area contributed by atoms with Gasteiger partial charge in [0.2, 0.25) is 0 Å². The third-order valence-electron chi connectivity index (χ3n) is 3.35. The first kappa shape index (κ1) is 16.0. The van der Waals surface area contributed by atoms with Crippen molar-refractivity contribution in [3.63, 3.8) is 0 Å². The van der Waals surface area contributed by atoms with E-state index in [4.69, 9.17) is 0 Å². The molecule has 4 heteroatoms. The first-order valence-corrected chi connectivity index (χ1v) is 7.91. The summed E-state index contributed by atoms with van der Waals surface area (Å²) in [7, 11) is 4.05. The molecule has 1 N–H and O–H groups in total. The van der Waals surface area contributed by atoms with Gasteiger partial charge in [0.1, 0.15) is 0 Å². The van der Waals surface area contributed by atoms with Gasteiger partial charge in [-0.2, -0.15) is 0 Å². The molecule has 0 radical (unpaired) electrons. The van der Waals surface area contributed by atoms with Crippen LogP contribution < -0.4 is 5.32 Å². The summed E-state index contributed by atoms with van der Waals surface area (Å²) in [4.78, 5) is 14.3. The fourth-order valence-electron chi connectivity index (χ4n) is 2.19. The minimum atomic E-state index is -0.0312. The highest BCUT2D eigenvalue weighted by molar-refractivity contribution is 14.1. The summed E-state index contributed by atoms with van der Waals surface area (Å²) >= 11 is 2.21. The van der Waals surface area contributed by atoms with E-state index in [1.807, 2.05) is 56.6 Å². The molecular formula is C17H19IN2O. The van der Waals surface area contributed by atoms with Crippen LogP contribution in [0.1, 0.15) is 22.0 Å². The number of carbonyl (C=O) groups is 1. The average Bonchev–Trinajstić information content (AvgIpc) is 2.48. The molecule has 1 unspecified atom stereocenters. The molecule has 0 saturated heterocycles. The lowest BCUT2D eigenvalue weighted by molar-refractivity contribution is 0.0942. The number of amides is 1. The predicted molar refractivity (Wildman–Crippen MR) is 94.4 cm³/mol. The number of rotatable bonds is 5. The monoisotopic (exact) mass is 394 g/mol. The first-order valence-electron chi connectivity index (χ1n) is 6.83. The summed E-state index contributed by atoms with van der Waals surface area (Å²) in [5.41, 5.74) is 1.90. The van der Waals surface area contributed by atoms with Gasteiger partial charge in [0, 0.05) is 15.7 Å². The molecule has 2 rings (SSSR count). The molecule has 0 heterocycles.